The van der Waals surface area contributed by atoms with E-state index in [2.05, 4.69) is 31.1 Å². The highest BCUT2D eigenvalue weighted by molar-refractivity contribution is 5.60. The molecule has 6 nitrogen and oxygen atoms in total. The minimum atomic E-state index is -0.423. The Labute approximate surface area is 123 Å². The highest BCUT2D eigenvalue weighted by Crippen LogP contribution is 2.24. The van der Waals surface area contributed by atoms with Crippen molar-refractivity contribution in [3.8, 4) is 11.3 Å². The molecule has 0 atom stereocenters. The normalized spacial score (nSPS) is 11.6. The topological polar surface area (TPSA) is 81.2 Å². The number of nitro benzene ring substituents is 1. The van der Waals surface area contributed by atoms with Gasteiger partial charge in [0.05, 0.1) is 11.1 Å². The van der Waals surface area contributed by atoms with Gasteiger partial charge >= 0.3 is 0 Å². The lowest BCUT2D eigenvalue weighted by atomic mass is 10.1. The van der Waals surface area contributed by atoms with Gasteiger partial charge in [0.1, 0.15) is 0 Å². The SMILES string of the molecule is CC(C)(C)NCCc1ncc(-c2cccc([N+](=O)[O-])c2)o1. The summed E-state index contributed by atoms with van der Waals surface area (Å²) in [6.07, 6.45) is 2.28. The Morgan fingerprint density at radius 3 is 2.81 bits per heavy atom. The van der Waals surface area contributed by atoms with Crippen LogP contribution in [0.25, 0.3) is 11.3 Å². The molecular formula is C15H19N3O3. The second kappa shape index (κ2) is 6.05. The molecule has 1 N–H and O–H groups in total. The third-order valence-electron chi connectivity index (χ3n) is 2.89. The number of hydrogen-bond donors (Lipinski definition) is 1. The molecule has 2 rings (SSSR count). The van der Waals surface area contributed by atoms with Crippen molar-refractivity contribution in [3.05, 3.63) is 46.5 Å². The Morgan fingerprint density at radius 2 is 2.14 bits per heavy atom. The molecule has 0 unspecified atom stereocenters. The summed E-state index contributed by atoms with van der Waals surface area (Å²) >= 11 is 0. The number of aromatic nitrogens is 1. The van der Waals surface area contributed by atoms with Crippen LogP contribution in [-0.4, -0.2) is 22.0 Å². The van der Waals surface area contributed by atoms with E-state index in [4.69, 9.17) is 4.42 Å². The number of rotatable bonds is 5. The van der Waals surface area contributed by atoms with Gasteiger partial charge in [-0.2, -0.15) is 0 Å². The zero-order valence-electron chi connectivity index (χ0n) is 12.4. The average molecular weight is 289 g/mol. The van der Waals surface area contributed by atoms with Crippen molar-refractivity contribution in [2.75, 3.05) is 6.54 Å². The largest absolute Gasteiger partial charge is 0.441 e. The number of nitrogens with one attached hydrogen (secondary N) is 1. The zero-order valence-corrected chi connectivity index (χ0v) is 12.4. The van der Waals surface area contributed by atoms with E-state index in [0.29, 0.717) is 23.6 Å². The van der Waals surface area contributed by atoms with Gasteiger partial charge in [-0.05, 0) is 20.8 Å². The maximum absolute atomic E-state index is 10.8. The first-order chi connectivity index (χ1) is 9.85. The minimum Gasteiger partial charge on any atom is -0.441 e. The van der Waals surface area contributed by atoms with Crippen LogP contribution in [0.15, 0.2) is 34.9 Å². The molecule has 1 heterocycles. The van der Waals surface area contributed by atoms with Crippen molar-refractivity contribution in [1.29, 1.82) is 0 Å². The molecule has 1 aromatic heterocycles. The molecule has 0 aliphatic carbocycles. The number of benzene rings is 1. The first-order valence-electron chi connectivity index (χ1n) is 6.80. The lowest BCUT2D eigenvalue weighted by molar-refractivity contribution is -0.384. The Hall–Kier alpha value is -2.21. The van der Waals surface area contributed by atoms with Gasteiger partial charge in [0.15, 0.2) is 11.7 Å². The fourth-order valence-corrected chi connectivity index (χ4v) is 1.88. The number of oxazole rings is 1. The Balaban J connectivity index is 2.06. The van der Waals surface area contributed by atoms with Gasteiger partial charge in [-0.3, -0.25) is 10.1 Å². The molecular weight excluding hydrogens is 270 g/mol. The monoisotopic (exact) mass is 289 g/mol. The van der Waals surface area contributed by atoms with Gasteiger partial charge < -0.3 is 9.73 Å². The van der Waals surface area contributed by atoms with Crippen LogP contribution < -0.4 is 5.32 Å². The molecule has 21 heavy (non-hydrogen) atoms. The van der Waals surface area contributed by atoms with Crippen molar-refractivity contribution >= 4 is 5.69 Å². The number of nitrogens with zero attached hydrogens (tertiary/aromatic N) is 2. The molecule has 0 saturated heterocycles. The minimum absolute atomic E-state index is 0.0415. The Morgan fingerprint density at radius 1 is 1.38 bits per heavy atom. The standard InChI is InChI=1S/C15H19N3O3/c1-15(2,3)17-8-7-14-16-10-13(21-14)11-5-4-6-12(9-11)18(19)20/h4-6,9-10,17H,7-8H2,1-3H3. The van der Waals surface area contributed by atoms with Gasteiger partial charge in [-0.15, -0.1) is 0 Å². The van der Waals surface area contributed by atoms with E-state index >= 15 is 0 Å². The van der Waals surface area contributed by atoms with Crippen LogP contribution >= 0.6 is 0 Å². The summed E-state index contributed by atoms with van der Waals surface area (Å²) in [6.45, 7) is 7.05. The molecule has 0 fully saturated rings. The van der Waals surface area contributed by atoms with Crippen molar-refractivity contribution in [2.24, 2.45) is 0 Å². The van der Waals surface area contributed by atoms with Crippen molar-refractivity contribution in [1.82, 2.24) is 10.3 Å². The first kappa shape index (κ1) is 15.2. The van der Waals surface area contributed by atoms with Gasteiger partial charge in [0.2, 0.25) is 0 Å². The summed E-state index contributed by atoms with van der Waals surface area (Å²) in [5.41, 5.74) is 0.752. The number of nitro groups is 1. The first-order valence-corrected chi connectivity index (χ1v) is 6.80. The van der Waals surface area contributed by atoms with Crippen LogP contribution in [0.1, 0.15) is 26.7 Å². The summed E-state index contributed by atoms with van der Waals surface area (Å²) in [5, 5.41) is 14.1. The lowest BCUT2D eigenvalue weighted by Crippen LogP contribution is -2.37. The summed E-state index contributed by atoms with van der Waals surface area (Å²) in [7, 11) is 0. The lowest BCUT2D eigenvalue weighted by Gasteiger charge is -2.19. The van der Waals surface area contributed by atoms with Crippen LogP contribution in [0.3, 0.4) is 0 Å². The molecule has 2 aromatic rings. The maximum atomic E-state index is 10.8. The molecule has 0 bridgehead atoms. The molecule has 6 heteroatoms. The Kier molecular flexibility index (Phi) is 4.37. The summed E-state index contributed by atoms with van der Waals surface area (Å²) in [4.78, 5) is 14.6. The quantitative estimate of drug-likeness (QED) is 0.675. The summed E-state index contributed by atoms with van der Waals surface area (Å²) in [6, 6.07) is 6.34. The number of hydrogen-bond acceptors (Lipinski definition) is 5. The van der Waals surface area contributed by atoms with Crippen molar-refractivity contribution < 1.29 is 9.34 Å². The fourth-order valence-electron chi connectivity index (χ4n) is 1.88. The third kappa shape index (κ3) is 4.39. The van der Waals surface area contributed by atoms with E-state index < -0.39 is 4.92 Å². The van der Waals surface area contributed by atoms with Crippen LogP contribution in [0.5, 0.6) is 0 Å². The average Bonchev–Trinajstić information content (AvgIpc) is 2.86. The Bertz CT molecular complexity index is 629. The predicted octanol–water partition coefficient (Wildman–Crippen LogP) is 3.18. The highest BCUT2D eigenvalue weighted by atomic mass is 16.6. The molecule has 1 aromatic carbocycles. The van der Waals surface area contributed by atoms with Crippen molar-refractivity contribution in [2.45, 2.75) is 32.7 Å². The van der Waals surface area contributed by atoms with Gasteiger partial charge in [0, 0.05) is 36.2 Å². The molecule has 0 radical (unpaired) electrons. The van der Waals surface area contributed by atoms with Crippen LogP contribution in [0.4, 0.5) is 5.69 Å². The van der Waals surface area contributed by atoms with Crippen LogP contribution in [-0.2, 0) is 6.42 Å². The zero-order chi connectivity index (χ0) is 15.5. The fraction of sp³-hybridized carbons (Fsp3) is 0.400. The van der Waals surface area contributed by atoms with Gasteiger partial charge in [0.25, 0.3) is 5.69 Å². The van der Waals surface area contributed by atoms with E-state index in [1.807, 2.05) is 0 Å². The second-order valence-corrected chi connectivity index (χ2v) is 5.85. The molecule has 0 aliphatic rings. The maximum Gasteiger partial charge on any atom is 0.270 e. The van der Waals surface area contributed by atoms with E-state index in [1.165, 1.54) is 12.1 Å². The summed E-state index contributed by atoms with van der Waals surface area (Å²) in [5.74, 6) is 1.16. The van der Waals surface area contributed by atoms with E-state index in [1.54, 1.807) is 18.3 Å². The highest BCUT2D eigenvalue weighted by Gasteiger charge is 2.12. The molecule has 0 amide bonds. The van der Waals surface area contributed by atoms with E-state index in [0.717, 1.165) is 6.54 Å². The van der Waals surface area contributed by atoms with E-state index in [-0.39, 0.29) is 11.2 Å². The molecule has 0 saturated carbocycles. The third-order valence-corrected chi connectivity index (χ3v) is 2.89. The van der Waals surface area contributed by atoms with Crippen molar-refractivity contribution in [3.63, 3.8) is 0 Å². The van der Waals surface area contributed by atoms with Gasteiger partial charge in [-0.1, -0.05) is 12.1 Å². The van der Waals surface area contributed by atoms with Crippen LogP contribution in [0.2, 0.25) is 0 Å². The predicted molar refractivity (Wildman–Crippen MR) is 80.1 cm³/mol. The second-order valence-electron chi connectivity index (χ2n) is 5.85. The van der Waals surface area contributed by atoms with E-state index in [9.17, 15) is 10.1 Å². The molecule has 0 spiro atoms. The molecule has 112 valence electrons. The molecule has 0 aliphatic heterocycles. The number of non-ortho nitro benzene ring substituents is 1. The van der Waals surface area contributed by atoms with Crippen LogP contribution in [0, 0.1) is 10.1 Å². The smallest absolute Gasteiger partial charge is 0.270 e. The van der Waals surface area contributed by atoms with Gasteiger partial charge in [-0.25, -0.2) is 4.98 Å². The summed E-state index contributed by atoms with van der Waals surface area (Å²) < 4.78 is 5.65.